The molecular weight excluding hydrogens is 246 g/mol. The quantitative estimate of drug-likeness (QED) is 0.604. The number of primary amides is 1. The van der Waals surface area contributed by atoms with Crippen LogP contribution in [0.3, 0.4) is 0 Å². The average Bonchev–Trinajstić information content (AvgIpc) is 2.27. The summed E-state index contributed by atoms with van der Waals surface area (Å²) in [6.45, 7) is 0.205. The third kappa shape index (κ3) is 3.76. The molecule has 0 unspecified atom stereocenters. The van der Waals surface area contributed by atoms with E-state index in [9.17, 15) is 18.0 Å². The van der Waals surface area contributed by atoms with Gasteiger partial charge in [-0.2, -0.15) is 0 Å². The van der Waals surface area contributed by atoms with Crippen molar-refractivity contribution in [3.8, 4) is 0 Å². The van der Waals surface area contributed by atoms with E-state index >= 15 is 0 Å². The SMILES string of the molecule is NC(=O)NCc1ccc(S(=O)(=O)NC=O)cc1. The summed E-state index contributed by atoms with van der Waals surface area (Å²) in [7, 11) is -3.79. The minimum atomic E-state index is -3.79. The van der Waals surface area contributed by atoms with Crippen LogP contribution in [0.1, 0.15) is 5.56 Å². The van der Waals surface area contributed by atoms with Crippen molar-refractivity contribution in [1.82, 2.24) is 10.0 Å². The molecule has 0 bridgehead atoms. The van der Waals surface area contributed by atoms with Crippen molar-refractivity contribution < 1.29 is 18.0 Å². The van der Waals surface area contributed by atoms with Crippen molar-refractivity contribution >= 4 is 22.5 Å². The Labute approximate surface area is 98.0 Å². The van der Waals surface area contributed by atoms with Gasteiger partial charge >= 0.3 is 6.03 Å². The highest BCUT2D eigenvalue weighted by Crippen LogP contribution is 2.09. The number of sulfonamides is 1. The van der Waals surface area contributed by atoms with Crippen LogP contribution in [-0.2, 0) is 21.4 Å². The standard InChI is InChI=1S/C9H11N3O4S/c10-9(14)11-5-7-1-3-8(4-2-7)17(15,16)12-6-13/h1-4,6H,5H2,(H,12,13)(H3,10,11,14). The number of amides is 3. The minimum absolute atomic E-state index is 0.0348. The van der Waals surface area contributed by atoms with Gasteiger partial charge in [-0.25, -0.2) is 13.2 Å². The first kappa shape index (κ1) is 13.0. The summed E-state index contributed by atoms with van der Waals surface area (Å²) in [5.74, 6) is 0. The van der Waals surface area contributed by atoms with Crippen molar-refractivity contribution in [3.63, 3.8) is 0 Å². The van der Waals surface area contributed by atoms with Gasteiger partial charge < -0.3 is 11.1 Å². The first-order valence-electron chi connectivity index (χ1n) is 4.54. The number of carbonyl (C=O) groups is 2. The van der Waals surface area contributed by atoms with Gasteiger partial charge in [0.05, 0.1) is 4.90 Å². The molecule has 0 heterocycles. The second-order valence-corrected chi connectivity index (χ2v) is 4.81. The van der Waals surface area contributed by atoms with Gasteiger partial charge in [-0.1, -0.05) is 12.1 Å². The van der Waals surface area contributed by atoms with Crippen LogP contribution in [0.25, 0.3) is 0 Å². The van der Waals surface area contributed by atoms with Gasteiger partial charge in [0, 0.05) is 6.54 Å². The highest BCUT2D eigenvalue weighted by Gasteiger charge is 2.11. The Morgan fingerprint density at radius 2 is 1.88 bits per heavy atom. The normalized spacial score (nSPS) is 10.6. The van der Waals surface area contributed by atoms with E-state index in [1.165, 1.54) is 24.3 Å². The monoisotopic (exact) mass is 257 g/mol. The van der Waals surface area contributed by atoms with Crippen LogP contribution in [0.15, 0.2) is 29.2 Å². The number of rotatable bonds is 5. The van der Waals surface area contributed by atoms with Gasteiger partial charge in [0.15, 0.2) is 0 Å². The molecule has 0 saturated heterocycles. The maximum atomic E-state index is 11.4. The fourth-order valence-electron chi connectivity index (χ4n) is 1.11. The van der Waals surface area contributed by atoms with Gasteiger partial charge in [0.25, 0.3) is 10.0 Å². The number of urea groups is 1. The summed E-state index contributed by atoms with van der Waals surface area (Å²) in [6.07, 6.45) is 0.0951. The molecule has 0 saturated carbocycles. The third-order valence-electron chi connectivity index (χ3n) is 1.90. The molecule has 0 aliphatic heterocycles. The van der Waals surface area contributed by atoms with Crippen molar-refractivity contribution in [1.29, 1.82) is 0 Å². The molecular formula is C9H11N3O4S. The lowest BCUT2D eigenvalue weighted by Gasteiger charge is -2.04. The molecule has 4 N–H and O–H groups in total. The molecule has 17 heavy (non-hydrogen) atoms. The third-order valence-corrected chi connectivity index (χ3v) is 3.20. The summed E-state index contributed by atoms with van der Waals surface area (Å²) in [5, 5.41) is 2.36. The first-order chi connectivity index (χ1) is 7.95. The number of hydrogen-bond donors (Lipinski definition) is 3. The van der Waals surface area contributed by atoms with Crippen molar-refractivity contribution in [3.05, 3.63) is 29.8 Å². The van der Waals surface area contributed by atoms with Gasteiger partial charge in [-0.05, 0) is 17.7 Å². The summed E-state index contributed by atoms with van der Waals surface area (Å²) >= 11 is 0. The second kappa shape index (κ2) is 5.30. The molecule has 1 aromatic carbocycles. The molecule has 1 rings (SSSR count). The van der Waals surface area contributed by atoms with Crippen LogP contribution in [0.4, 0.5) is 4.79 Å². The van der Waals surface area contributed by atoms with Crippen molar-refractivity contribution in [2.24, 2.45) is 5.73 Å². The molecule has 0 atom stereocenters. The van der Waals surface area contributed by atoms with Gasteiger partial charge in [0.1, 0.15) is 0 Å². The zero-order valence-electron chi connectivity index (χ0n) is 8.71. The van der Waals surface area contributed by atoms with Crippen molar-refractivity contribution in [2.45, 2.75) is 11.4 Å². The molecule has 1 aromatic rings. The van der Waals surface area contributed by atoms with Gasteiger partial charge in [-0.3, -0.25) is 9.52 Å². The minimum Gasteiger partial charge on any atom is -0.352 e. The van der Waals surface area contributed by atoms with Crippen LogP contribution in [0.5, 0.6) is 0 Å². The Balaban J connectivity index is 2.81. The van der Waals surface area contributed by atoms with Crippen LogP contribution >= 0.6 is 0 Å². The molecule has 0 spiro atoms. The molecule has 7 nitrogen and oxygen atoms in total. The maximum absolute atomic E-state index is 11.4. The molecule has 0 aliphatic carbocycles. The largest absolute Gasteiger partial charge is 0.352 e. The summed E-state index contributed by atoms with van der Waals surface area (Å²) < 4.78 is 24.5. The highest BCUT2D eigenvalue weighted by molar-refractivity contribution is 7.90. The summed E-state index contributed by atoms with van der Waals surface area (Å²) in [6, 6.07) is 5.00. The van der Waals surface area contributed by atoms with E-state index in [1.54, 1.807) is 4.72 Å². The average molecular weight is 257 g/mol. The van der Waals surface area contributed by atoms with Crippen molar-refractivity contribution in [2.75, 3.05) is 0 Å². The Kier molecular flexibility index (Phi) is 4.05. The Morgan fingerprint density at radius 3 is 2.35 bits per heavy atom. The van der Waals surface area contributed by atoms with Crippen LogP contribution in [0.2, 0.25) is 0 Å². The smallest absolute Gasteiger partial charge is 0.312 e. The van der Waals surface area contributed by atoms with E-state index in [2.05, 4.69) is 5.32 Å². The predicted octanol–water partition coefficient (Wildman–Crippen LogP) is -0.710. The lowest BCUT2D eigenvalue weighted by molar-refractivity contribution is -0.108. The van der Waals surface area contributed by atoms with Crippen LogP contribution in [0, 0.1) is 0 Å². The molecule has 0 aromatic heterocycles. The fourth-order valence-corrected chi connectivity index (χ4v) is 1.86. The lowest BCUT2D eigenvalue weighted by Crippen LogP contribution is -2.28. The Bertz CT molecular complexity index is 510. The second-order valence-electron chi connectivity index (χ2n) is 3.10. The number of nitrogens with one attached hydrogen (secondary N) is 2. The number of hydrogen-bond acceptors (Lipinski definition) is 4. The first-order valence-corrected chi connectivity index (χ1v) is 6.02. The van der Waals surface area contributed by atoms with E-state index in [4.69, 9.17) is 5.73 Å². The molecule has 0 fully saturated rings. The van der Waals surface area contributed by atoms with Crippen LogP contribution < -0.4 is 15.8 Å². The number of carbonyl (C=O) groups excluding carboxylic acids is 2. The molecule has 8 heteroatoms. The number of nitrogens with two attached hydrogens (primary N) is 1. The Hall–Kier alpha value is -2.09. The van der Waals surface area contributed by atoms with Crippen LogP contribution in [-0.4, -0.2) is 20.9 Å². The van der Waals surface area contributed by atoms with E-state index in [0.29, 0.717) is 5.56 Å². The lowest BCUT2D eigenvalue weighted by atomic mass is 10.2. The van der Waals surface area contributed by atoms with Gasteiger partial charge in [-0.15, -0.1) is 0 Å². The number of benzene rings is 1. The van der Waals surface area contributed by atoms with E-state index in [0.717, 1.165) is 0 Å². The summed E-state index contributed by atoms with van der Waals surface area (Å²) in [5.41, 5.74) is 5.57. The topological polar surface area (TPSA) is 118 Å². The van der Waals surface area contributed by atoms with E-state index in [-0.39, 0.29) is 17.9 Å². The maximum Gasteiger partial charge on any atom is 0.312 e. The predicted molar refractivity (Wildman–Crippen MR) is 59.3 cm³/mol. The van der Waals surface area contributed by atoms with E-state index in [1.807, 2.05) is 0 Å². The zero-order chi connectivity index (χ0) is 12.9. The zero-order valence-corrected chi connectivity index (χ0v) is 9.53. The molecule has 0 radical (unpaired) electrons. The summed E-state index contributed by atoms with van der Waals surface area (Å²) in [4.78, 5) is 20.5. The fraction of sp³-hybridized carbons (Fsp3) is 0.111. The Morgan fingerprint density at radius 1 is 1.29 bits per heavy atom. The molecule has 3 amide bonds. The highest BCUT2D eigenvalue weighted by atomic mass is 32.2. The molecule has 0 aliphatic rings. The molecule has 92 valence electrons. The van der Waals surface area contributed by atoms with Gasteiger partial charge in [0.2, 0.25) is 6.41 Å². The van der Waals surface area contributed by atoms with E-state index < -0.39 is 16.1 Å².